The van der Waals surface area contributed by atoms with E-state index in [1.54, 1.807) is 32.0 Å². The first-order valence-corrected chi connectivity index (χ1v) is 5.80. The molecular weight excluding hydrogens is 255 g/mol. The van der Waals surface area contributed by atoms with Crippen molar-refractivity contribution in [1.82, 2.24) is 0 Å². The fraction of sp³-hybridized carbons (Fsp3) is 0.357. The number of para-hydroxylation sites is 1. The molecule has 5 heteroatoms. The van der Waals surface area contributed by atoms with Crippen molar-refractivity contribution < 1.29 is 18.3 Å². The molecule has 2 nitrogen and oxygen atoms in total. The lowest BCUT2D eigenvalue weighted by atomic mass is 10.1. The number of hydrogen-bond donors (Lipinski definition) is 1. The van der Waals surface area contributed by atoms with Gasteiger partial charge in [0.25, 0.3) is 0 Å². The van der Waals surface area contributed by atoms with Crippen molar-refractivity contribution in [2.45, 2.75) is 33.1 Å². The summed E-state index contributed by atoms with van der Waals surface area (Å²) in [5.41, 5.74) is 0.310. The van der Waals surface area contributed by atoms with Crippen molar-refractivity contribution in [3.63, 3.8) is 0 Å². The molecule has 1 unspecified atom stereocenters. The molecule has 0 aliphatic carbocycles. The number of aryl methyl sites for hydroxylation is 2. The number of hydrogen-bond acceptors (Lipinski definition) is 2. The van der Waals surface area contributed by atoms with E-state index >= 15 is 0 Å². The fourth-order valence-electron chi connectivity index (χ4n) is 1.67. The number of aliphatic imine (C=N–C) groups is 1. The third kappa shape index (κ3) is 3.92. The Kier molecular flexibility index (Phi) is 4.89. The first-order valence-electron chi connectivity index (χ1n) is 5.80. The number of halogens is 3. The molecule has 0 aromatic heterocycles. The maximum absolute atomic E-state index is 12.9. The van der Waals surface area contributed by atoms with Crippen LogP contribution in [0, 0.1) is 13.8 Å². The van der Waals surface area contributed by atoms with E-state index in [1.165, 1.54) is 13.0 Å². The molecule has 0 aliphatic heterocycles. The molecule has 1 rings (SSSR count). The predicted molar refractivity (Wildman–Crippen MR) is 69.9 cm³/mol. The van der Waals surface area contributed by atoms with Gasteiger partial charge in [0, 0.05) is 0 Å². The van der Waals surface area contributed by atoms with E-state index in [2.05, 4.69) is 4.99 Å². The minimum atomic E-state index is -4.67. The molecule has 1 aromatic rings. The quantitative estimate of drug-likeness (QED) is 0.657. The van der Waals surface area contributed by atoms with Gasteiger partial charge < -0.3 is 5.11 Å². The van der Waals surface area contributed by atoms with Gasteiger partial charge in [-0.1, -0.05) is 30.4 Å². The Bertz CT molecular complexity index is 484. The molecule has 1 N–H and O–H groups in total. The average molecular weight is 271 g/mol. The van der Waals surface area contributed by atoms with Gasteiger partial charge in [-0.2, -0.15) is 13.2 Å². The van der Waals surface area contributed by atoms with Crippen LogP contribution in [0.3, 0.4) is 0 Å². The molecule has 0 bridgehead atoms. The summed E-state index contributed by atoms with van der Waals surface area (Å²) in [6, 6.07) is 5.11. The van der Waals surface area contributed by atoms with Crippen molar-refractivity contribution >= 4 is 11.4 Å². The standard InChI is InChI=1S/C14H16F3NO/c1-4-6-11(19)13(14(15,16)17)18-12-9(2)7-5-8-10(12)3/h4-8,11,19H,1-3H3/b6-4+,18-13?. The molecule has 1 aromatic carbocycles. The molecule has 19 heavy (non-hydrogen) atoms. The molecule has 0 amide bonds. The van der Waals surface area contributed by atoms with Gasteiger partial charge >= 0.3 is 6.18 Å². The molecule has 0 saturated carbocycles. The van der Waals surface area contributed by atoms with Crippen LogP contribution < -0.4 is 0 Å². The number of aliphatic hydroxyl groups excluding tert-OH is 1. The van der Waals surface area contributed by atoms with Crippen LogP contribution in [-0.4, -0.2) is 23.1 Å². The second-order valence-electron chi connectivity index (χ2n) is 4.21. The van der Waals surface area contributed by atoms with E-state index in [9.17, 15) is 18.3 Å². The van der Waals surface area contributed by atoms with E-state index in [1.807, 2.05) is 0 Å². The zero-order valence-electron chi connectivity index (χ0n) is 11.0. The highest BCUT2D eigenvalue weighted by Gasteiger charge is 2.39. The number of benzene rings is 1. The van der Waals surface area contributed by atoms with Crippen molar-refractivity contribution in [2.75, 3.05) is 0 Å². The topological polar surface area (TPSA) is 32.6 Å². The summed E-state index contributed by atoms with van der Waals surface area (Å²) in [6.45, 7) is 4.90. The lowest BCUT2D eigenvalue weighted by molar-refractivity contribution is -0.0645. The summed E-state index contributed by atoms with van der Waals surface area (Å²) < 4.78 is 38.8. The van der Waals surface area contributed by atoms with Crippen LogP contribution in [0.5, 0.6) is 0 Å². The maximum atomic E-state index is 12.9. The van der Waals surface area contributed by atoms with Crippen LogP contribution in [0.2, 0.25) is 0 Å². The van der Waals surface area contributed by atoms with Crippen LogP contribution in [0.4, 0.5) is 18.9 Å². The van der Waals surface area contributed by atoms with Gasteiger partial charge in [-0.05, 0) is 31.9 Å². The summed E-state index contributed by atoms with van der Waals surface area (Å²) >= 11 is 0. The summed E-state index contributed by atoms with van der Waals surface area (Å²) in [5, 5.41) is 9.55. The zero-order valence-corrected chi connectivity index (χ0v) is 11.0. The second-order valence-corrected chi connectivity index (χ2v) is 4.21. The molecule has 0 fully saturated rings. The van der Waals surface area contributed by atoms with Crippen LogP contribution in [0.25, 0.3) is 0 Å². The van der Waals surface area contributed by atoms with E-state index in [0.717, 1.165) is 6.08 Å². The molecule has 1 atom stereocenters. The van der Waals surface area contributed by atoms with Crippen molar-refractivity contribution in [3.8, 4) is 0 Å². The normalized spacial score (nSPS) is 15.0. The SMILES string of the molecule is C/C=C/C(O)C(=Nc1c(C)cccc1C)C(F)(F)F. The summed E-state index contributed by atoms with van der Waals surface area (Å²) in [5.74, 6) is 0. The molecule has 0 aliphatic rings. The van der Waals surface area contributed by atoms with E-state index in [0.29, 0.717) is 11.1 Å². The predicted octanol–water partition coefficient (Wildman–Crippen LogP) is 3.88. The molecule has 0 radical (unpaired) electrons. The van der Waals surface area contributed by atoms with Crippen molar-refractivity contribution in [1.29, 1.82) is 0 Å². The van der Waals surface area contributed by atoms with Gasteiger partial charge in [0.1, 0.15) is 6.10 Å². The molecule has 104 valence electrons. The van der Waals surface area contributed by atoms with E-state index < -0.39 is 18.0 Å². The van der Waals surface area contributed by atoms with Gasteiger partial charge in [-0.3, -0.25) is 0 Å². The number of alkyl halides is 3. The van der Waals surface area contributed by atoms with Crippen LogP contribution in [-0.2, 0) is 0 Å². The third-order valence-corrected chi connectivity index (χ3v) is 2.62. The Morgan fingerprint density at radius 1 is 1.26 bits per heavy atom. The van der Waals surface area contributed by atoms with Crippen molar-refractivity contribution in [2.24, 2.45) is 4.99 Å². The Morgan fingerprint density at radius 2 is 1.79 bits per heavy atom. The third-order valence-electron chi connectivity index (χ3n) is 2.62. The number of aliphatic hydroxyl groups is 1. The Morgan fingerprint density at radius 3 is 2.21 bits per heavy atom. The van der Waals surface area contributed by atoms with Gasteiger partial charge in [-0.15, -0.1) is 0 Å². The fourth-order valence-corrected chi connectivity index (χ4v) is 1.67. The minimum Gasteiger partial charge on any atom is -0.383 e. The van der Waals surface area contributed by atoms with Gasteiger partial charge in [0.05, 0.1) is 5.69 Å². The number of nitrogens with zero attached hydrogens (tertiary/aromatic N) is 1. The average Bonchev–Trinajstić information content (AvgIpc) is 2.26. The highest BCUT2D eigenvalue weighted by Crippen LogP contribution is 2.28. The Hall–Kier alpha value is -1.62. The monoisotopic (exact) mass is 271 g/mol. The van der Waals surface area contributed by atoms with Crippen LogP contribution in [0.15, 0.2) is 35.3 Å². The summed E-state index contributed by atoms with van der Waals surface area (Å²) in [4.78, 5) is 3.64. The Balaban J connectivity index is 3.36. The molecule has 0 saturated heterocycles. The largest absolute Gasteiger partial charge is 0.432 e. The minimum absolute atomic E-state index is 0.248. The Labute approximate surface area is 110 Å². The summed E-state index contributed by atoms with van der Waals surface area (Å²) in [7, 11) is 0. The lowest BCUT2D eigenvalue weighted by Gasteiger charge is -2.15. The van der Waals surface area contributed by atoms with E-state index in [-0.39, 0.29) is 5.69 Å². The molecule has 0 heterocycles. The molecular formula is C14H16F3NO. The first kappa shape index (κ1) is 15.4. The molecule has 0 spiro atoms. The summed E-state index contributed by atoms with van der Waals surface area (Å²) in [6.07, 6.45) is -4.02. The number of allylic oxidation sites excluding steroid dienone is 1. The number of rotatable bonds is 3. The van der Waals surface area contributed by atoms with Crippen molar-refractivity contribution in [3.05, 3.63) is 41.5 Å². The van der Waals surface area contributed by atoms with Crippen LogP contribution >= 0.6 is 0 Å². The first-order chi connectivity index (χ1) is 8.77. The lowest BCUT2D eigenvalue weighted by Crippen LogP contribution is -2.33. The van der Waals surface area contributed by atoms with Gasteiger partial charge in [-0.25, -0.2) is 4.99 Å². The highest BCUT2D eigenvalue weighted by atomic mass is 19.4. The van der Waals surface area contributed by atoms with Crippen LogP contribution in [0.1, 0.15) is 18.1 Å². The van der Waals surface area contributed by atoms with Gasteiger partial charge in [0.15, 0.2) is 5.71 Å². The highest BCUT2D eigenvalue weighted by molar-refractivity contribution is 5.97. The van der Waals surface area contributed by atoms with Gasteiger partial charge in [0.2, 0.25) is 0 Å². The smallest absolute Gasteiger partial charge is 0.383 e. The second kappa shape index (κ2) is 6.02. The maximum Gasteiger partial charge on any atom is 0.432 e. The van der Waals surface area contributed by atoms with E-state index in [4.69, 9.17) is 0 Å². The zero-order chi connectivity index (χ0) is 14.6.